The van der Waals surface area contributed by atoms with E-state index >= 15 is 0 Å². The molecule has 0 radical (unpaired) electrons. The Labute approximate surface area is 110 Å². The molecule has 5 nitrogen and oxygen atoms in total. The number of hydrogen-bond donors (Lipinski definition) is 1. The Bertz CT molecular complexity index is 615. The molecule has 6 heteroatoms. The van der Waals surface area contributed by atoms with Crippen LogP contribution in [0.3, 0.4) is 0 Å². The third kappa shape index (κ3) is 1.90. The molecule has 2 rings (SSSR count). The smallest absolute Gasteiger partial charge is 0.332 e. The van der Waals surface area contributed by atoms with Crippen LogP contribution in [0.4, 0.5) is 5.82 Å². The minimum atomic E-state index is -0.330. The van der Waals surface area contributed by atoms with E-state index < -0.39 is 0 Å². The van der Waals surface area contributed by atoms with E-state index in [1.807, 2.05) is 0 Å². The molecule has 1 unspecified atom stereocenters. The van der Waals surface area contributed by atoms with Gasteiger partial charge in [-0.1, -0.05) is 19.1 Å². The fraction of sp³-hybridized carbons (Fsp3) is 0.583. The predicted molar refractivity (Wildman–Crippen MR) is 75.2 cm³/mol. The van der Waals surface area contributed by atoms with E-state index in [0.717, 1.165) is 22.4 Å². The highest BCUT2D eigenvalue weighted by Crippen LogP contribution is 2.23. The first-order valence-corrected chi connectivity index (χ1v) is 6.48. The van der Waals surface area contributed by atoms with Crippen molar-refractivity contribution < 1.29 is 0 Å². The number of nitrogens with one attached hydrogen (secondary N) is 1. The van der Waals surface area contributed by atoms with Gasteiger partial charge in [-0.05, 0) is 19.3 Å². The van der Waals surface area contributed by atoms with Crippen LogP contribution in [0.2, 0.25) is 0 Å². The van der Waals surface area contributed by atoms with E-state index in [1.54, 1.807) is 7.05 Å². The summed E-state index contributed by atoms with van der Waals surface area (Å²) < 4.78 is 2.61. The maximum Gasteiger partial charge on any atom is 0.332 e. The van der Waals surface area contributed by atoms with Crippen LogP contribution in [0, 0.1) is 5.92 Å². The Morgan fingerprint density at radius 2 is 2.00 bits per heavy atom. The van der Waals surface area contributed by atoms with Gasteiger partial charge in [0.05, 0.1) is 10.6 Å². The number of nitrogens with zero attached hydrogens (tertiary/aromatic N) is 2. The fourth-order valence-corrected chi connectivity index (χ4v) is 2.74. The fourth-order valence-electron chi connectivity index (χ4n) is 2.36. The molecule has 0 spiro atoms. The van der Waals surface area contributed by atoms with Gasteiger partial charge in [0.25, 0.3) is 5.56 Å². The van der Waals surface area contributed by atoms with Gasteiger partial charge in [-0.15, -0.1) is 0 Å². The summed E-state index contributed by atoms with van der Waals surface area (Å²) in [6.07, 6.45) is 2.44. The highest BCUT2D eigenvalue weighted by molar-refractivity contribution is 7.80. The molecule has 0 saturated carbocycles. The summed E-state index contributed by atoms with van der Waals surface area (Å²) in [5.74, 6) is 0.830. The first-order valence-electron chi connectivity index (χ1n) is 6.07. The topological polar surface area (TPSA) is 56.0 Å². The van der Waals surface area contributed by atoms with E-state index in [4.69, 9.17) is 12.2 Å². The second-order valence-corrected chi connectivity index (χ2v) is 5.11. The lowest BCUT2D eigenvalue weighted by Crippen LogP contribution is -2.40. The van der Waals surface area contributed by atoms with E-state index in [9.17, 15) is 9.59 Å². The lowest BCUT2D eigenvalue weighted by atomic mass is 9.99. The van der Waals surface area contributed by atoms with Gasteiger partial charge in [0, 0.05) is 20.0 Å². The largest absolute Gasteiger partial charge is 0.335 e. The molecule has 0 amide bonds. The third-order valence-corrected chi connectivity index (χ3v) is 4.04. The van der Waals surface area contributed by atoms with Crippen LogP contribution >= 0.6 is 12.2 Å². The average molecular weight is 267 g/mol. The number of hydrogen-bond acceptors (Lipinski definition) is 3. The zero-order valence-electron chi connectivity index (χ0n) is 10.8. The molecule has 0 saturated heterocycles. The Balaban J connectivity index is 2.65. The van der Waals surface area contributed by atoms with Crippen molar-refractivity contribution in [3.8, 4) is 0 Å². The van der Waals surface area contributed by atoms with Crippen LogP contribution in [0.25, 0.3) is 0 Å². The molecule has 0 aliphatic carbocycles. The minimum absolute atomic E-state index is 0.222. The normalized spacial score (nSPS) is 19.1. The van der Waals surface area contributed by atoms with Crippen LogP contribution in [0.1, 0.15) is 25.3 Å². The predicted octanol–water partition coefficient (Wildman–Crippen LogP) is 0.796. The van der Waals surface area contributed by atoms with Gasteiger partial charge in [-0.2, -0.15) is 0 Å². The van der Waals surface area contributed by atoms with Crippen LogP contribution in [0.15, 0.2) is 9.59 Å². The second kappa shape index (κ2) is 4.68. The number of aromatic nitrogens is 2. The zero-order valence-corrected chi connectivity index (χ0v) is 11.6. The van der Waals surface area contributed by atoms with Gasteiger partial charge in [-0.3, -0.25) is 13.9 Å². The van der Waals surface area contributed by atoms with Crippen LogP contribution in [-0.4, -0.2) is 14.1 Å². The molecule has 1 aromatic heterocycles. The Morgan fingerprint density at radius 1 is 1.33 bits per heavy atom. The molecule has 1 aliphatic rings. The van der Waals surface area contributed by atoms with Crippen LogP contribution in [-0.2, 0) is 20.5 Å². The Hall–Kier alpha value is -1.43. The Kier molecular flexibility index (Phi) is 3.38. The quantitative estimate of drug-likeness (QED) is 0.765. The molecule has 1 aromatic rings. The second-order valence-electron chi connectivity index (χ2n) is 4.67. The van der Waals surface area contributed by atoms with E-state index in [0.29, 0.717) is 17.8 Å². The maximum atomic E-state index is 12.1. The number of fused-ring (bicyclic) bond motifs is 1. The van der Waals surface area contributed by atoms with Crippen molar-refractivity contribution in [2.75, 3.05) is 5.32 Å². The van der Waals surface area contributed by atoms with Crippen LogP contribution in [0.5, 0.6) is 0 Å². The van der Waals surface area contributed by atoms with Gasteiger partial charge < -0.3 is 5.32 Å². The SMILES string of the molecule is CCC1CCc2c(n(C)c(=O)n(C)c2=O)NC1=S. The molecule has 0 fully saturated rings. The lowest BCUT2D eigenvalue weighted by molar-refractivity contribution is 0.607. The standard InChI is InChI=1S/C12H17N3O2S/c1-4-7-5-6-8-9(13-10(7)18)14(2)12(17)15(3)11(8)16/h7H,4-6H2,1-3H3,(H,13,18). The van der Waals surface area contributed by atoms with Gasteiger partial charge in [0.15, 0.2) is 0 Å². The summed E-state index contributed by atoms with van der Waals surface area (Å²) >= 11 is 5.33. The highest BCUT2D eigenvalue weighted by atomic mass is 32.1. The van der Waals surface area contributed by atoms with Crippen LogP contribution < -0.4 is 16.6 Å². The maximum absolute atomic E-state index is 12.1. The first-order chi connectivity index (χ1) is 8.47. The van der Waals surface area contributed by atoms with Gasteiger partial charge in [-0.25, -0.2) is 4.79 Å². The van der Waals surface area contributed by atoms with Crippen molar-refractivity contribution in [2.24, 2.45) is 20.0 Å². The number of thiocarbonyl (C=S) groups is 1. The van der Waals surface area contributed by atoms with E-state index in [-0.39, 0.29) is 17.2 Å². The summed E-state index contributed by atoms with van der Waals surface area (Å²) in [5.41, 5.74) is 0.0991. The number of anilines is 1. The van der Waals surface area contributed by atoms with Crippen molar-refractivity contribution in [3.05, 3.63) is 26.4 Å². The third-order valence-electron chi connectivity index (χ3n) is 3.61. The molecule has 1 N–H and O–H groups in total. The molecule has 0 aromatic carbocycles. The average Bonchev–Trinajstić information content (AvgIpc) is 2.53. The molecular weight excluding hydrogens is 250 g/mol. The van der Waals surface area contributed by atoms with E-state index in [2.05, 4.69) is 12.2 Å². The zero-order chi connectivity index (χ0) is 13.4. The summed E-state index contributed by atoms with van der Waals surface area (Å²) in [7, 11) is 3.16. The summed E-state index contributed by atoms with van der Waals surface area (Å²) in [4.78, 5) is 24.7. The molecule has 18 heavy (non-hydrogen) atoms. The van der Waals surface area contributed by atoms with Gasteiger partial charge in [0.2, 0.25) is 0 Å². The molecule has 1 atom stereocenters. The van der Waals surface area contributed by atoms with Crippen molar-refractivity contribution in [1.82, 2.24) is 9.13 Å². The minimum Gasteiger partial charge on any atom is -0.335 e. The highest BCUT2D eigenvalue weighted by Gasteiger charge is 2.24. The summed E-state index contributed by atoms with van der Waals surface area (Å²) in [5, 5.41) is 3.08. The first kappa shape index (κ1) is 13.0. The van der Waals surface area contributed by atoms with Gasteiger partial charge in [0.1, 0.15) is 5.82 Å². The molecule has 98 valence electrons. The van der Waals surface area contributed by atoms with Crippen molar-refractivity contribution in [2.45, 2.75) is 26.2 Å². The molecular formula is C12H17N3O2S. The van der Waals surface area contributed by atoms with Crippen molar-refractivity contribution >= 4 is 23.0 Å². The van der Waals surface area contributed by atoms with Crippen molar-refractivity contribution in [1.29, 1.82) is 0 Å². The monoisotopic (exact) mass is 267 g/mol. The van der Waals surface area contributed by atoms with E-state index in [1.165, 1.54) is 11.6 Å². The van der Waals surface area contributed by atoms with Gasteiger partial charge >= 0.3 is 5.69 Å². The molecule has 0 bridgehead atoms. The summed E-state index contributed by atoms with van der Waals surface area (Å²) in [6, 6.07) is 0. The molecule has 1 aliphatic heterocycles. The van der Waals surface area contributed by atoms with Crippen molar-refractivity contribution in [3.63, 3.8) is 0 Å². The number of rotatable bonds is 1. The molecule has 2 heterocycles. The Morgan fingerprint density at radius 3 is 2.61 bits per heavy atom. The lowest BCUT2D eigenvalue weighted by Gasteiger charge is -2.15. The summed E-state index contributed by atoms with van der Waals surface area (Å²) in [6.45, 7) is 2.08.